The molecule has 0 saturated carbocycles. The Kier molecular flexibility index (Phi) is 5.29. The van der Waals surface area contributed by atoms with Crippen LogP contribution < -0.4 is 10.2 Å². The molecule has 2 heterocycles. The van der Waals surface area contributed by atoms with E-state index < -0.39 is 18.0 Å². The van der Waals surface area contributed by atoms with Crippen LogP contribution in [0.25, 0.3) is 5.69 Å². The standard InChI is InChI=1S/C23H22N4O4/c1-14-21(15(2)27(25-14)17-9-5-4-6-10-17)23(30)31-16(3)22(29)26-13-20(28)24-18-11-7-8-12-19(18)26/h4-12,16H,13H2,1-3H3,(H,24,28)/t16-/m0/s1. The van der Waals surface area contributed by atoms with Crippen LogP contribution in [0.15, 0.2) is 54.6 Å². The van der Waals surface area contributed by atoms with Crippen molar-refractivity contribution in [1.29, 1.82) is 0 Å². The van der Waals surface area contributed by atoms with Gasteiger partial charge in [-0.05, 0) is 45.0 Å². The van der Waals surface area contributed by atoms with E-state index >= 15 is 0 Å². The van der Waals surface area contributed by atoms with Crippen LogP contribution >= 0.6 is 0 Å². The number of amides is 2. The third-order valence-electron chi connectivity index (χ3n) is 5.16. The summed E-state index contributed by atoms with van der Waals surface area (Å²) in [5, 5.41) is 7.18. The summed E-state index contributed by atoms with van der Waals surface area (Å²) < 4.78 is 7.17. The van der Waals surface area contributed by atoms with Crippen LogP contribution in [0.5, 0.6) is 0 Å². The highest BCUT2D eigenvalue weighted by Crippen LogP contribution is 2.29. The van der Waals surface area contributed by atoms with E-state index in [1.54, 1.807) is 42.8 Å². The first-order valence-corrected chi connectivity index (χ1v) is 9.89. The Bertz CT molecular complexity index is 1170. The van der Waals surface area contributed by atoms with E-state index in [9.17, 15) is 14.4 Å². The second-order valence-corrected chi connectivity index (χ2v) is 7.33. The zero-order valence-corrected chi connectivity index (χ0v) is 17.5. The van der Waals surface area contributed by atoms with E-state index in [-0.39, 0.29) is 12.5 Å². The molecule has 0 radical (unpaired) electrons. The number of esters is 1. The van der Waals surface area contributed by atoms with Crippen LogP contribution in [0.3, 0.4) is 0 Å². The normalized spacial score (nSPS) is 13.9. The molecule has 0 saturated heterocycles. The Balaban J connectivity index is 1.55. The molecule has 0 bridgehead atoms. The molecule has 1 N–H and O–H groups in total. The van der Waals surface area contributed by atoms with Gasteiger partial charge in [-0.25, -0.2) is 9.48 Å². The molecule has 2 amide bonds. The van der Waals surface area contributed by atoms with Crippen LogP contribution in [0.2, 0.25) is 0 Å². The van der Waals surface area contributed by atoms with E-state index in [0.29, 0.717) is 28.3 Å². The number of benzene rings is 2. The molecule has 31 heavy (non-hydrogen) atoms. The molecule has 0 fully saturated rings. The highest BCUT2D eigenvalue weighted by Gasteiger charge is 2.32. The Morgan fingerprint density at radius 1 is 1.06 bits per heavy atom. The monoisotopic (exact) mass is 418 g/mol. The highest BCUT2D eigenvalue weighted by molar-refractivity contribution is 6.11. The molecular weight excluding hydrogens is 396 g/mol. The molecule has 0 unspecified atom stereocenters. The maximum Gasteiger partial charge on any atom is 0.342 e. The van der Waals surface area contributed by atoms with E-state index in [1.807, 2.05) is 30.3 Å². The van der Waals surface area contributed by atoms with Crippen molar-refractivity contribution in [3.63, 3.8) is 0 Å². The van der Waals surface area contributed by atoms with Crippen molar-refractivity contribution in [2.45, 2.75) is 26.9 Å². The van der Waals surface area contributed by atoms with Crippen molar-refractivity contribution in [2.24, 2.45) is 0 Å². The molecule has 3 aromatic rings. The van der Waals surface area contributed by atoms with Crippen LogP contribution in [-0.2, 0) is 14.3 Å². The van der Waals surface area contributed by atoms with Gasteiger partial charge in [-0.3, -0.25) is 14.5 Å². The minimum atomic E-state index is -1.08. The van der Waals surface area contributed by atoms with Gasteiger partial charge in [0.1, 0.15) is 12.1 Å². The molecule has 4 rings (SSSR count). The van der Waals surface area contributed by atoms with Crippen molar-refractivity contribution in [1.82, 2.24) is 9.78 Å². The van der Waals surface area contributed by atoms with Crippen molar-refractivity contribution in [2.75, 3.05) is 16.8 Å². The summed E-state index contributed by atoms with van der Waals surface area (Å²) in [6, 6.07) is 16.4. The number of fused-ring (bicyclic) bond motifs is 1. The van der Waals surface area contributed by atoms with Gasteiger partial charge in [0.05, 0.1) is 28.5 Å². The number of aromatic nitrogens is 2. The van der Waals surface area contributed by atoms with Gasteiger partial charge in [0.2, 0.25) is 5.91 Å². The molecule has 1 atom stereocenters. The number of carbonyl (C=O) groups excluding carboxylic acids is 3. The van der Waals surface area contributed by atoms with E-state index in [1.165, 1.54) is 11.8 Å². The van der Waals surface area contributed by atoms with Crippen molar-refractivity contribution < 1.29 is 19.1 Å². The van der Waals surface area contributed by atoms with Crippen molar-refractivity contribution >= 4 is 29.2 Å². The zero-order chi connectivity index (χ0) is 22.1. The molecule has 158 valence electrons. The number of rotatable bonds is 4. The van der Waals surface area contributed by atoms with Crippen LogP contribution in [0, 0.1) is 13.8 Å². The van der Waals surface area contributed by atoms with Gasteiger partial charge in [-0.1, -0.05) is 30.3 Å². The summed E-state index contributed by atoms with van der Waals surface area (Å²) in [5.74, 6) is -1.41. The summed E-state index contributed by atoms with van der Waals surface area (Å²) >= 11 is 0. The van der Waals surface area contributed by atoms with Crippen molar-refractivity contribution in [3.8, 4) is 5.69 Å². The second kappa shape index (κ2) is 8.06. The highest BCUT2D eigenvalue weighted by atomic mass is 16.5. The summed E-state index contributed by atoms with van der Waals surface area (Å²) in [5.41, 5.74) is 3.38. The van der Waals surface area contributed by atoms with Gasteiger partial charge in [0, 0.05) is 0 Å². The molecule has 8 nitrogen and oxygen atoms in total. The Labute approximate surface area is 179 Å². The minimum absolute atomic E-state index is 0.137. The maximum absolute atomic E-state index is 13.0. The lowest BCUT2D eigenvalue weighted by Gasteiger charge is -2.30. The first-order chi connectivity index (χ1) is 14.9. The zero-order valence-electron chi connectivity index (χ0n) is 17.5. The predicted molar refractivity (Wildman–Crippen MR) is 115 cm³/mol. The van der Waals surface area contributed by atoms with Gasteiger partial charge in [0.15, 0.2) is 6.10 Å². The number of para-hydroxylation sites is 3. The molecule has 1 aliphatic heterocycles. The maximum atomic E-state index is 13.0. The van der Waals surface area contributed by atoms with Crippen LogP contribution in [0.4, 0.5) is 11.4 Å². The predicted octanol–water partition coefficient (Wildman–Crippen LogP) is 3.02. The summed E-state index contributed by atoms with van der Waals surface area (Å²) in [4.78, 5) is 39.3. The first-order valence-electron chi connectivity index (χ1n) is 9.89. The number of anilines is 2. The summed E-state index contributed by atoms with van der Waals surface area (Å²) in [6.45, 7) is 4.87. The van der Waals surface area contributed by atoms with Gasteiger partial charge in [0.25, 0.3) is 5.91 Å². The van der Waals surface area contributed by atoms with Gasteiger partial charge in [-0.15, -0.1) is 0 Å². The smallest absolute Gasteiger partial charge is 0.342 e. The quantitative estimate of drug-likeness (QED) is 0.658. The molecule has 0 aliphatic carbocycles. The number of carbonyl (C=O) groups is 3. The van der Waals surface area contributed by atoms with E-state index in [0.717, 1.165) is 5.69 Å². The number of nitrogens with zero attached hydrogens (tertiary/aromatic N) is 3. The molecule has 1 aromatic heterocycles. The third-order valence-corrected chi connectivity index (χ3v) is 5.16. The molecule has 8 heteroatoms. The first kappa shape index (κ1) is 20.3. The fourth-order valence-corrected chi connectivity index (χ4v) is 3.68. The number of aryl methyl sites for hydroxylation is 1. The molecule has 2 aromatic carbocycles. The largest absolute Gasteiger partial charge is 0.449 e. The summed E-state index contributed by atoms with van der Waals surface area (Å²) in [6.07, 6.45) is -1.08. The Morgan fingerprint density at radius 2 is 1.74 bits per heavy atom. The van der Waals surface area contributed by atoms with Gasteiger partial charge in [-0.2, -0.15) is 5.10 Å². The summed E-state index contributed by atoms with van der Waals surface area (Å²) in [7, 11) is 0. The number of nitrogens with one attached hydrogen (secondary N) is 1. The van der Waals surface area contributed by atoms with Crippen LogP contribution in [0.1, 0.15) is 28.7 Å². The minimum Gasteiger partial charge on any atom is -0.449 e. The number of hydrogen-bond acceptors (Lipinski definition) is 5. The lowest BCUT2D eigenvalue weighted by atomic mass is 10.1. The SMILES string of the molecule is Cc1nn(-c2ccccc2)c(C)c1C(=O)O[C@@H](C)C(=O)N1CC(=O)Nc2ccccc21. The molecule has 1 aliphatic rings. The number of ether oxygens (including phenoxy) is 1. The Hall–Kier alpha value is -3.94. The lowest BCUT2D eigenvalue weighted by molar-refractivity contribution is -0.128. The fourth-order valence-electron chi connectivity index (χ4n) is 3.68. The topological polar surface area (TPSA) is 93.5 Å². The van der Waals surface area contributed by atoms with Crippen molar-refractivity contribution in [3.05, 3.63) is 71.5 Å². The second-order valence-electron chi connectivity index (χ2n) is 7.33. The van der Waals surface area contributed by atoms with E-state index in [4.69, 9.17) is 4.74 Å². The van der Waals surface area contributed by atoms with Crippen LogP contribution in [-0.4, -0.2) is 40.2 Å². The Morgan fingerprint density at radius 3 is 2.48 bits per heavy atom. The molecule has 0 spiro atoms. The average molecular weight is 418 g/mol. The third kappa shape index (κ3) is 3.79. The van der Waals surface area contributed by atoms with Gasteiger partial charge < -0.3 is 10.1 Å². The van der Waals surface area contributed by atoms with Gasteiger partial charge >= 0.3 is 5.97 Å². The number of hydrogen-bond donors (Lipinski definition) is 1. The average Bonchev–Trinajstić information content (AvgIpc) is 3.07. The van der Waals surface area contributed by atoms with E-state index in [2.05, 4.69) is 10.4 Å². The molecular formula is C23H22N4O4. The fraction of sp³-hybridized carbons (Fsp3) is 0.217. The lowest BCUT2D eigenvalue weighted by Crippen LogP contribution is -2.47.